The summed E-state index contributed by atoms with van der Waals surface area (Å²) in [5.74, 6) is -0.784. The number of rotatable bonds is 8. The highest BCUT2D eigenvalue weighted by molar-refractivity contribution is 7.99. The molecule has 6 nitrogen and oxygen atoms in total. The van der Waals surface area contributed by atoms with Crippen LogP contribution in [0.2, 0.25) is 0 Å². The molecule has 1 atom stereocenters. The third-order valence-electron chi connectivity index (χ3n) is 3.82. The third kappa shape index (κ3) is 5.59. The highest BCUT2D eigenvalue weighted by Gasteiger charge is 2.18. The third-order valence-corrected chi connectivity index (χ3v) is 4.62. The lowest BCUT2D eigenvalue weighted by atomic mass is 10.1. The molecule has 140 valence electrons. The summed E-state index contributed by atoms with van der Waals surface area (Å²) in [5, 5.41) is 3.17. The van der Waals surface area contributed by atoms with Crippen molar-refractivity contribution in [2.75, 3.05) is 12.3 Å². The van der Waals surface area contributed by atoms with Gasteiger partial charge in [-0.15, -0.1) is 0 Å². The molecule has 0 aliphatic rings. The van der Waals surface area contributed by atoms with Crippen LogP contribution in [0.15, 0.2) is 64.2 Å². The molecule has 27 heavy (non-hydrogen) atoms. The van der Waals surface area contributed by atoms with E-state index in [1.165, 1.54) is 0 Å². The number of fused-ring (bicyclic) bond motifs is 1. The first-order chi connectivity index (χ1) is 13.1. The fourth-order valence-electron chi connectivity index (χ4n) is 2.44. The van der Waals surface area contributed by atoms with E-state index in [0.29, 0.717) is 17.4 Å². The van der Waals surface area contributed by atoms with Crippen LogP contribution in [0.25, 0.3) is 11.1 Å². The van der Waals surface area contributed by atoms with Crippen LogP contribution in [0, 0.1) is 0 Å². The number of carbonyl (C=O) groups excluding carboxylic acids is 2. The maximum Gasteiger partial charge on any atom is 0.317 e. The molecule has 7 heteroatoms. The summed E-state index contributed by atoms with van der Waals surface area (Å²) in [6.45, 7) is 2.04. The molecular weight excluding hydrogens is 364 g/mol. The fraction of sp³-hybridized carbons (Fsp3) is 0.250. The smallest absolute Gasteiger partial charge is 0.317 e. The average Bonchev–Trinajstić information content (AvgIpc) is 3.10. The number of hydrogen-bond donors (Lipinski definition) is 1. The molecule has 0 fully saturated rings. The summed E-state index contributed by atoms with van der Waals surface area (Å²) in [7, 11) is 0. The Hall–Kier alpha value is -2.80. The molecule has 0 saturated carbocycles. The first-order valence-electron chi connectivity index (χ1n) is 8.61. The Bertz CT molecular complexity index is 878. The Morgan fingerprint density at radius 3 is 2.67 bits per heavy atom. The highest BCUT2D eigenvalue weighted by Crippen LogP contribution is 2.23. The molecule has 2 aromatic carbocycles. The van der Waals surface area contributed by atoms with Gasteiger partial charge in [-0.1, -0.05) is 54.2 Å². The van der Waals surface area contributed by atoms with Gasteiger partial charge in [-0.2, -0.15) is 0 Å². The second-order valence-electron chi connectivity index (χ2n) is 5.89. The van der Waals surface area contributed by atoms with Crippen molar-refractivity contribution in [2.45, 2.75) is 24.7 Å². The van der Waals surface area contributed by atoms with E-state index in [9.17, 15) is 9.59 Å². The summed E-state index contributed by atoms with van der Waals surface area (Å²) in [4.78, 5) is 28.3. The van der Waals surface area contributed by atoms with Crippen molar-refractivity contribution in [1.29, 1.82) is 0 Å². The molecule has 3 rings (SSSR count). The Kier molecular flexibility index (Phi) is 6.49. The lowest BCUT2D eigenvalue weighted by Crippen LogP contribution is -2.37. The summed E-state index contributed by atoms with van der Waals surface area (Å²) >= 11 is 1.14. The summed E-state index contributed by atoms with van der Waals surface area (Å²) in [6.07, 6.45) is -0.126. The SMILES string of the molecule is C[C@H](OC(=O)CSc1nc2ccccc2o1)C(=O)NCCc1ccccc1. The Labute approximate surface area is 161 Å². The number of nitrogens with zero attached hydrogens (tertiary/aromatic N) is 1. The Morgan fingerprint density at radius 2 is 1.89 bits per heavy atom. The second-order valence-corrected chi connectivity index (χ2v) is 6.82. The van der Waals surface area contributed by atoms with Crippen molar-refractivity contribution in [3.63, 3.8) is 0 Å². The van der Waals surface area contributed by atoms with Crippen molar-refractivity contribution in [2.24, 2.45) is 0 Å². The van der Waals surface area contributed by atoms with Gasteiger partial charge in [0.15, 0.2) is 11.7 Å². The van der Waals surface area contributed by atoms with Gasteiger partial charge < -0.3 is 14.5 Å². The van der Waals surface area contributed by atoms with E-state index in [1.807, 2.05) is 54.6 Å². The topological polar surface area (TPSA) is 81.4 Å². The van der Waals surface area contributed by atoms with Crippen LogP contribution in [0.5, 0.6) is 0 Å². The maximum atomic E-state index is 12.0. The van der Waals surface area contributed by atoms with Gasteiger partial charge in [-0.05, 0) is 31.0 Å². The molecule has 3 aromatic rings. The van der Waals surface area contributed by atoms with Crippen LogP contribution in [-0.2, 0) is 20.7 Å². The quantitative estimate of drug-likeness (QED) is 0.474. The van der Waals surface area contributed by atoms with E-state index in [0.717, 1.165) is 29.3 Å². The number of oxazole rings is 1. The molecule has 0 spiro atoms. The molecular formula is C20H20N2O4S. The standard InChI is InChI=1S/C20H20N2O4S/c1-14(19(24)21-12-11-15-7-3-2-4-8-15)25-18(23)13-27-20-22-16-9-5-6-10-17(16)26-20/h2-10,14H,11-13H2,1H3,(H,21,24)/t14-/m0/s1. The Balaban J connectivity index is 1.39. The first-order valence-corrected chi connectivity index (χ1v) is 9.60. The number of carbonyl (C=O) groups is 2. The number of benzene rings is 2. The second kappa shape index (κ2) is 9.23. The van der Waals surface area contributed by atoms with Crippen LogP contribution in [-0.4, -0.2) is 35.3 Å². The van der Waals surface area contributed by atoms with Gasteiger partial charge in [-0.25, -0.2) is 4.98 Å². The van der Waals surface area contributed by atoms with Gasteiger partial charge in [0, 0.05) is 6.54 Å². The number of amides is 1. The fourth-order valence-corrected chi connectivity index (χ4v) is 3.06. The van der Waals surface area contributed by atoms with Gasteiger partial charge in [-0.3, -0.25) is 9.59 Å². The van der Waals surface area contributed by atoms with Crippen molar-refractivity contribution in [1.82, 2.24) is 10.3 Å². The van der Waals surface area contributed by atoms with Crippen LogP contribution in [0.4, 0.5) is 0 Å². The zero-order chi connectivity index (χ0) is 19.1. The highest BCUT2D eigenvalue weighted by atomic mass is 32.2. The first kappa shape index (κ1) is 19.0. The van der Waals surface area contributed by atoms with Crippen LogP contribution >= 0.6 is 11.8 Å². The minimum absolute atomic E-state index is 0.0223. The van der Waals surface area contributed by atoms with E-state index >= 15 is 0 Å². The minimum atomic E-state index is -0.850. The number of nitrogens with one attached hydrogen (secondary N) is 1. The number of thioether (sulfide) groups is 1. The largest absolute Gasteiger partial charge is 0.452 e. The summed E-state index contributed by atoms with van der Waals surface area (Å²) < 4.78 is 10.7. The zero-order valence-electron chi connectivity index (χ0n) is 14.9. The number of ether oxygens (including phenoxy) is 1. The number of hydrogen-bond acceptors (Lipinski definition) is 6. The Morgan fingerprint density at radius 1 is 1.15 bits per heavy atom. The molecule has 0 radical (unpaired) electrons. The van der Waals surface area contributed by atoms with E-state index in [2.05, 4.69) is 10.3 Å². The van der Waals surface area contributed by atoms with Gasteiger partial charge >= 0.3 is 5.97 Å². The molecule has 0 aliphatic carbocycles. The monoisotopic (exact) mass is 384 g/mol. The lowest BCUT2D eigenvalue weighted by molar-refractivity contribution is -0.152. The maximum absolute atomic E-state index is 12.0. The normalized spacial score (nSPS) is 11.9. The van der Waals surface area contributed by atoms with Crippen LogP contribution in [0.3, 0.4) is 0 Å². The average molecular weight is 384 g/mol. The number of aromatic nitrogens is 1. The van der Waals surface area contributed by atoms with Gasteiger partial charge in [0.05, 0.1) is 0 Å². The van der Waals surface area contributed by atoms with E-state index in [4.69, 9.17) is 9.15 Å². The summed E-state index contributed by atoms with van der Waals surface area (Å²) in [6, 6.07) is 17.2. The van der Waals surface area contributed by atoms with Crippen molar-refractivity contribution in [3.05, 3.63) is 60.2 Å². The van der Waals surface area contributed by atoms with Crippen molar-refractivity contribution < 1.29 is 18.7 Å². The predicted molar refractivity (Wildman–Crippen MR) is 103 cm³/mol. The molecule has 0 aliphatic heterocycles. The van der Waals surface area contributed by atoms with Crippen molar-refractivity contribution in [3.8, 4) is 0 Å². The molecule has 1 amide bonds. The van der Waals surface area contributed by atoms with Gasteiger partial charge in [0.25, 0.3) is 11.1 Å². The number of para-hydroxylation sites is 2. The van der Waals surface area contributed by atoms with E-state index < -0.39 is 12.1 Å². The molecule has 0 bridgehead atoms. The van der Waals surface area contributed by atoms with Crippen LogP contribution < -0.4 is 5.32 Å². The van der Waals surface area contributed by atoms with E-state index in [-0.39, 0.29) is 11.7 Å². The predicted octanol–water partition coefficient (Wildman–Crippen LogP) is 3.21. The molecule has 0 saturated heterocycles. The number of esters is 1. The van der Waals surface area contributed by atoms with Crippen LogP contribution in [0.1, 0.15) is 12.5 Å². The lowest BCUT2D eigenvalue weighted by Gasteiger charge is -2.13. The van der Waals surface area contributed by atoms with Gasteiger partial charge in [0.2, 0.25) is 0 Å². The zero-order valence-corrected chi connectivity index (χ0v) is 15.7. The molecule has 1 heterocycles. The van der Waals surface area contributed by atoms with E-state index in [1.54, 1.807) is 6.92 Å². The molecule has 1 aromatic heterocycles. The molecule has 0 unspecified atom stereocenters. The molecule has 1 N–H and O–H groups in total. The van der Waals surface area contributed by atoms with Gasteiger partial charge in [0.1, 0.15) is 11.3 Å². The summed E-state index contributed by atoms with van der Waals surface area (Å²) in [5.41, 5.74) is 2.54. The minimum Gasteiger partial charge on any atom is -0.452 e. The van der Waals surface area contributed by atoms with Crippen molar-refractivity contribution >= 4 is 34.7 Å².